The van der Waals surface area contributed by atoms with Crippen molar-refractivity contribution in [2.24, 2.45) is 11.8 Å². The first-order valence-electron chi connectivity index (χ1n) is 9.32. The van der Waals surface area contributed by atoms with E-state index in [1.165, 1.54) is 0 Å². The van der Waals surface area contributed by atoms with Crippen molar-refractivity contribution in [1.82, 2.24) is 19.5 Å². The quantitative estimate of drug-likeness (QED) is 0.770. The summed E-state index contributed by atoms with van der Waals surface area (Å²) in [6.07, 6.45) is 5.01. The monoisotopic (exact) mass is 349 g/mol. The van der Waals surface area contributed by atoms with Gasteiger partial charge in [0.2, 0.25) is 0 Å². The number of aryl methyl sites for hydroxylation is 1. The van der Waals surface area contributed by atoms with Crippen LogP contribution in [0.25, 0.3) is 11.0 Å². The smallest absolute Gasteiger partial charge is 0.132 e. The number of rotatable bonds is 2. The fourth-order valence-corrected chi connectivity index (χ4v) is 4.75. The maximum Gasteiger partial charge on any atom is 0.132 e. The van der Waals surface area contributed by atoms with Crippen molar-refractivity contribution in [3.8, 4) is 0 Å². The molecule has 0 bridgehead atoms. The maximum absolute atomic E-state index is 10.9. The van der Waals surface area contributed by atoms with Crippen LogP contribution in [0.5, 0.6) is 0 Å². The summed E-state index contributed by atoms with van der Waals surface area (Å²) in [5.41, 5.74) is 3.09. The molecule has 6 heteroatoms. The largest absolute Gasteiger partial charge is 0.391 e. The summed E-state index contributed by atoms with van der Waals surface area (Å²) < 4.78 is 2.17. The third-order valence-corrected chi connectivity index (χ3v) is 6.06. The Balaban J connectivity index is 1.40. The minimum atomic E-state index is -0.332. The minimum Gasteiger partial charge on any atom is -0.391 e. The van der Waals surface area contributed by atoms with Crippen LogP contribution in [0.3, 0.4) is 0 Å². The molecule has 1 aliphatic heterocycles. The van der Waals surface area contributed by atoms with Crippen molar-refractivity contribution in [2.45, 2.75) is 31.9 Å². The predicted molar refractivity (Wildman–Crippen MR) is 100.0 cm³/mol. The van der Waals surface area contributed by atoms with Gasteiger partial charge in [0.1, 0.15) is 12.1 Å². The van der Waals surface area contributed by atoms with E-state index in [0.29, 0.717) is 11.8 Å². The van der Waals surface area contributed by atoms with E-state index >= 15 is 0 Å². The average Bonchev–Trinajstić information content (AvgIpc) is 3.24. The highest BCUT2D eigenvalue weighted by Gasteiger charge is 2.42. The van der Waals surface area contributed by atoms with Gasteiger partial charge < -0.3 is 14.6 Å². The number of para-hydroxylation sites is 2. The van der Waals surface area contributed by atoms with Crippen LogP contribution in [0.1, 0.15) is 24.6 Å². The molecule has 2 aromatic heterocycles. The summed E-state index contributed by atoms with van der Waals surface area (Å²) in [6, 6.07) is 10.3. The van der Waals surface area contributed by atoms with Gasteiger partial charge in [0.15, 0.2) is 0 Å². The van der Waals surface area contributed by atoms with Crippen molar-refractivity contribution in [1.29, 1.82) is 0 Å². The van der Waals surface area contributed by atoms with E-state index in [1.54, 1.807) is 6.33 Å². The van der Waals surface area contributed by atoms with Gasteiger partial charge in [-0.3, -0.25) is 0 Å². The lowest BCUT2D eigenvalue weighted by molar-refractivity contribution is 0.0375. The first-order chi connectivity index (χ1) is 12.7. The molecular weight excluding hydrogens is 326 g/mol. The van der Waals surface area contributed by atoms with Crippen molar-refractivity contribution >= 4 is 16.9 Å². The second-order valence-corrected chi connectivity index (χ2v) is 7.69. The molecule has 0 radical (unpaired) electrons. The zero-order chi connectivity index (χ0) is 17.7. The van der Waals surface area contributed by atoms with Gasteiger partial charge >= 0.3 is 0 Å². The Bertz CT molecular complexity index is 939. The summed E-state index contributed by atoms with van der Waals surface area (Å²) in [5, 5.41) is 10.9. The van der Waals surface area contributed by atoms with Gasteiger partial charge in [-0.25, -0.2) is 15.0 Å². The van der Waals surface area contributed by atoms with Gasteiger partial charge in [-0.05, 0) is 43.7 Å². The molecule has 0 amide bonds. The fraction of sp³-hybridized carbons (Fsp3) is 0.450. The van der Waals surface area contributed by atoms with E-state index in [0.717, 1.165) is 48.5 Å². The van der Waals surface area contributed by atoms with E-state index in [2.05, 4.69) is 36.6 Å². The van der Waals surface area contributed by atoms with Gasteiger partial charge in [-0.2, -0.15) is 0 Å². The number of aliphatic hydroxyl groups is 1. The van der Waals surface area contributed by atoms with Crippen LogP contribution in [0.4, 0.5) is 5.82 Å². The van der Waals surface area contributed by atoms with E-state index in [9.17, 15) is 5.11 Å². The molecule has 3 aromatic rings. The van der Waals surface area contributed by atoms with E-state index in [4.69, 9.17) is 0 Å². The molecule has 0 spiro atoms. The van der Waals surface area contributed by atoms with Crippen LogP contribution in [0.2, 0.25) is 0 Å². The normalized spacial score (nSPS) is 28.5. The summed E-state index contributed by atoms with van der Waals surface area (Å²) in [4.78, 5) is 15.5. The first kappa shape index (κ1) is 15.8. The number of nitrogens with zero attached hydrogens (tertiary/aromatic N) is 5. The fourth-order valence-electron chi connectivity index (χ4n) is 4.75. The van der Waals surface area contributed by atoms with Crippen LogP contribution >= 0.6 is 0 Å². The maximum atomic E-state index is 10.9. The molecule has 2 fully saturated rings. The number of benzene rings is 1. The van der Waals surface area contributed by atoms with E-state index < -0.39 is 0 Å². The highest BCUT2D eigenvalue weighted by Crippen LogP contribution is 2.43. The molecule has 2 aliphatic rings. The summed E-state index contributed by atoms with van der Waals surface area (Å²) in [5.74, 6) is 2.09. The van der Waals surface area contributed by atoms with E-state index in [-0.39, 0.29) is 12.1 Å². The predicted octanol–water partition coefficient (Wildman–Crippen LogP) is 2.58. The lowest BCUT2D eigenvalue weighted by Crippen LogP contribution is -2.36. The van der Waals surface area contributed by atoms with Crippen LogP contribution in [-0.4, -0.2) is 43.8 Å². The third kappa shape index (κ3) is 2.56. The van der Waals surface area contributed by atoms with Crippen LogP contribution in [-0.2, 0) is 0 Å². The molecular formula is C20H23N5O. The highest BCUT2D eigenvalue weighted by atomic mass is 16.3. The molecule has 1 aromatic carbocycles. The van der Waals surface area contributed by atoms with Gasteiger partial charge in [-0.15, -0.1) is 0 Å². The van der Waals surface area contributed by atoms with Gasteiger partial charge in [0.25, 0.3) is 0 Å². The standard InChI is InChI=1S/C20H23N5O/c1-13-6-20(22-11-21-13)24-9-14-7-18(19(26)8-15(14)10-24)25-12-23-16-4-2-3-5-17(16)25/h2-6,11-12,14-15,18-19,26H,7-10H2,1H3/t14-,15+,18-,19-/m1/s1. The molecule has 134 valence electrons. The number of imidazole rings is 1. The molecule has 0 unspecified atom stereocenters. The lowest BCUT2D eigenvalue weighted by Gasteiger charge is -2.36. The molecule has 5 rings (SSSR count). The van der Waals surface area contributed by atoms with Crippen LogP contribution in [0, 0.1) is 18.8 Å². The number of hydrogen-bond acceptors (Lipinski definition) is 5. The van der Waals surface area contributed by atoms with Gasteiger partial charge in [-0.1, -0.05) is 12.1 Å². The molecule has 1 saturated heterocycles. The number of fused-ring (bicyclic) bond motifs is 2. The van der Waals surface area contributed by atoms with E-state index in [1.807, 2.05) is 31.5 Å². The third-order valence-electron chi connectivity index (χ3n) is 6.06. The van der Waals surface area contributed by atoms with Gasteiger partial charge in [0.05, 0.1) is 29.5 Å². The average molecular weight is 349 g/mol. The van der Waals surface area contributed by atoms with Crippen molar-refractivity contribution in [3.63, 3.8) is 0 Å². The number of anilines is 1. The lowest BCUT2D eigenvalue weighted by atomic mass is 9.77. The first-order valence-corrected chi connectivity index (χ1v) is 9.32. The molecule has 26 heavy (non-hydrogen) atoms. The number of aliphatic hydroxyl groups excluding tert-OH is 1. The second kappa shape index (κ2) is 6.06. The summed E-state index contributed by atoms with van der Waals surface area (Å²) in [7, 11) is 0. The Morgan fingerprint density at radius 1 is 1.04 bits per heavy atom. The molecule has 1 saturated carbocycles. The molecule has 1 aliphatic carbocycles. The Morgan fingerprint density at radius 3 is 2.69 bits per heavy atom. The Kier molecular flexibility index (Phi) is 3.67. The number of aromatic nitrogens is 4. The van der Waals surface area contributed by atoms with Crippen LogP contribution in [0.15, 0.2) is 43.0 Å². The summed E-state index contributed by atoms with van der Waals surface area (Å²) in [6.45, 7) is 3.96. The van der Waals surface area contributed by atoms with Crippen molar-refractivity contribution < 1.29 is 5.11 Å². The SMILES string of the molecule is Cc1cc(N2C[C@H]3C[C@@H](n4cnc5ccccc54)[C@H](O)C[C@H]3C2)ncn1. The summed E-state index contributed by atoms with van der Waals surface area (Å²) >= 11 is 0. The molecule has 1 N–H and O–H groups in total. The van der Waals surface area contributed by atoms with Crippen molar-refractivity contribution in [3.05, 3.63) is 48.7 Å². The Labute approximate surface area is 152 Å². The highest BCUT2D eigenvalue weighted by molar-refractivity contribution is 5.75. The van der Waals surface area contributed by atoms with Crippen LogP contribution < -0.4 is 4.90 Å². The molecule has 3 heterocycles. The minimum absolute atomic E-state index is 0.0933. The zero-order valence-electron chi connectivity index (χ0n) is 14.9. The van der Waals surface area contributed by atoms with Gasteiger partial charge in [0, 0.05) is 24.8 Å². The Morgan fingerprint density at radius 2 is 1.85 bits per heavy atom. The Hall–Kier alpha value is -2.47. The number of hydrogen-bond donors (Lipinski definition) is 1. The topological polar surface area (TPSA) is 67.1 Å². The van der Waals surface area contributed by atoms with Crippen molar-refractivity contribution in [2.75, 3.05) is 18.0 Å². The molecule has 6 nitrogen and oxygen atoms in total. The zero-order valence-corrected chi connectivity index (χ0v) is 14.9. The molecule has 4 atom stereocenters. The second-order valence-electron chi connectivity index (χ2n) is 7.69.